The molecule has 1 aliphatic carbocycles. The lowest BCUT2D eigenvalue weighted by Gasteiger charge is -2.12. The van der Waals surface area contributed by atoms with E-state index in [1.165, 1.54) is 19.9 Å². The summed E-state index contributed by atoms with van der Waals surface area (Å²) < 4.78 is 41.2. The topological polar surface area (TPSA) is 45.7 Å². The highest BCUT2D eigenvalue weighted by Gasteiger charge is 2.26. The fourth-order valence-electron chi connectivity index (χ4n) is 1.32. The van der Waals surface area contributed by atoms with Gasteiger partial charge in [0.05, 0.1) is 13.0 Å². The molecule has 0 atom stereocenters. The maximum absolute atomic E-state index is 11.9. The Hall–Kier alpha value is -0.980. The van der Waals surface area contributed by atoms with Crippen molar-refractivity contribution >= 4 is 5.96 Å². The largest absolute Gasteiger partial charge is 0.390 e. The van der Waals surface area contributed by atoms with Crippen LogP contribution < -0.4 is 10.6 Å². The summed E-state index contributed by atoms with van der Waals surface area (Å²) in [5.74, 6) is 1.09. The van der Waals surface area contributed by atoms with Gasteiger partial charge in [0, 0.05) is 26.7 Å². The van der Waals surface area contributed by atoms with Crippen LogP contribution in [0.2, 0.25) is 0 Å². The van der Waals surface area contributed by atoms with Crippen molar-refractivity contribution in [3.05, 3.63) is 0 Å². The zero-order valence-corrected chi connectivity index (χ0v) is 10.5. The van der Waals surface area contributed by atoms with E-state index in [1.807, 2.05) is 0 Å². The quantitative estimate of drug-likeness (QED) is 0.418. The Kier molecular flexibility index (Phi) is 6.24. The van der Waals surface area contributed by atoms with E-state index < -0.39 is 12.6 Å². The summed E-state index contributed by atoms with van der Waals surface area (Å²) in [4.78, 5) is 3.82. The Morgan fingerprint density at radius 3 is 2.50 bits per heavy atom. The van der Waals surface area contributed by atoms with Gasteiger partial charge in [-0.25, -0.2) is 0 Å². The lowest BCUT2D eigenvalue weighted by atomic mass is 10.4. The Bertz CT molecular complexity index is 265. The molecule has 0 aromatic heterocycles. The standard InChI is InChI=1S/C11H20F3N3O/c1-15-10(16-5-4-11(12,13)14)17-6-7-18-8-9-2-3-9/h9H,2-8H2,1H3,(H2,15,16,17). The number of guanidine groups is 1. The van der Waals surface area contributed by atoms with Crippen LogP contribution in [-0.2, 0) is 4.74 Å². The van der Waals surface area contributed by atoms with Crippen LogP contribution in [0.15, 0.2) is 4.99 Å². The molecule has 0 radical (unpaired) electrons. The highest BCUT2D eigenvalue weighted by Crippen LogP contribution is 2.28. The van der Waals surface area contributed by atoms with Crippen LogP contribution in [0.3, 0.4) is 0 Å². The molecule has 0 unspecified atom stereocenters. The molecule has 0 aromatic carbocycles. The summed E-state index contributed by atoms with van der Waals surface area (Å²) in [5.41, 5.74) is 0. The first-order valence-electron chi connectivity index (χ1n) is 6.10. The van der Waals surface area contributed by atoms with Crippen LogP contribution in [0.25, 0.3) is 0 Å². The second-order valence-electron chi connectivity index (χ2n) is 4.31. The Balaban J connectivity index is 1.98. The predicted molar refractivity (Wildman–Crippen MR) is 63.6 cm³/mol. The van der Waals surface area contributed by atoms with Crippen molar-refractivity contribution in [2.45, 2.75) is 25.4 Å². The molecule has 18 heavy (non-hydrogen) atoms. The summed E-state index contributed by atoms with van der Waals surface area (Å²) in [5, 5.41) is 5.50. The molecule has 0 aliphatic heterocycles. The van der Waals surface area contributed by atoms with Crippen molar-refractivity contribution in [1.29, 1.82) is 0 Å². The number of halogens is 3. The normalized spacial score (nSPS) is 16.8. The van der Waals surface area contributed by atoms with E-state index in [-0.39, 0.29) is 6.54 Å². The number of hydrogen-bond acceptors (Lipinski definition) is 2. The SMILES string of the molecule is CN=C(NCCOCC1CC1)NCCC(F)(F)F. The number of nitrogens with one attached hydrogen (secondary N) is 2. The van der Waals surface area contributed by atoms with E-state index >= 15 is 0 Å². The third-order valence-electron chi connectivity index (χ3n) is 2.51. The molecule has 0 aromatic rings. The van der Waals surface area contributed by atoms with Crippen molar-refractivity contribution in [2.75, 3.05) is 33.4 Å². The fraction of sp³-hybridized carbons (Fsp3) is 0.909. The molecule has 0 amide bonds. The Morgan fingerprint density at radius 1 is 1.28 bits per heavy atom. The third-order valence-corrected chi connectivity index (χ3v) is 2.51. The van der Waals surface area contributed by atoms with Gasteiger partial charge >= 0.3 is 6.18 Å². The molecule has 106 valence electrons. The number of rotatable bonds is 7. The van der Waals surface area contributed by atoms with Crippen molar-refractivity contribution in [1.82, 2.24) is 10.6 Å². The number of alkyl halides is 3. The summed E-state index contributed by atoms with van der Waals surface area (Å²) in [6.45, 7) is 1.68. The van der Waals surface area contributed by atoms with E-state index in [4.69, 9.17) is 4.74 Å². The lowest BCUT2D eigenvalue weighted by Crippen LogP contribution is -2.40. The van der Waals surface area contributed by atoms with Crippen LogP contribution >= 0.6 is 0 Å². The second kappa shape index (κ2) is 7.45. The highest BCUT2D eigenvalue weighted by molar-refractivity contribution is 5.79. The molecule has 0 spiro atoms. The Morgan fingerprint density at radius 2 is 1.94 bits per heavy atom. The van der Waals surface area contributed by atoms with E-state index in [0.29, 0.717) is 25.0 Å². The minimum atomic E-state index is -4.14. The predicted octanol–water partition coefficient (Wildman–Crippen LogP) is 1.53. The third kappa shape index (κ3) is 8.16. The van der Waals surface area contributed by atoms with Crippen molar-refractivity contribution < 1.29 is 17.9 Å². The average Bonchev–Trinajstić information content (AvgIpc) is 3.08. The van der Waals surface area contributed by atoms with Gasteiger partial charge in [0.2, 0.25) is 0 Å². The maximum atomic E-state index is 11.9. The summed E-state index contributed by atoms with van der Waals surface area (Å²) in [6, 6.07) is 0. The van der Waals surface area contributed by atoms with Gasteiger partial charge in [-0.3, -0.25) is 4.99 Å². The first-order valence-corrected chi connectivity index (χ1v) is 6.10. The zero-order chi connectivity index (χ0) is 13.4. The van der Waals surface area contributed by atoms with Crippen LogP contribution in [-0.4, -0.2) is 45.5 Å². The molecule has 1 aliphatic rings. The average molecular weight is 267 g/mol. The van der Waals surface area contributed by atoms with E-state index in [1.54, 1.807) is 0 Å². The molecule has 0 bridgehead atoms. The molecular formula is C11H20F3N3O. The molecule has 1 fully saturated rings. The maximum Gasteiger partial charge on any atom is 0.390 e. The van der Waals surface area contributed by atoms with Crippen molar-refractivity contribution in [3.63, 3.8) is 0 Å². The smallest absolute Gasteiger partial charge is 0.379 e. The number of ether oxygens (including phenoxy) is 1. The fourth-order valence-corrected chi connectivity index (χ4v) is 1.32. The molecular weight excluding hydrogens is 247 g/mol. The Labute approximate surface area is 105 Å². The van der Waals surface area contributed by atoms with Gasteiger partial charge in [-0.1, -0.05) is 0 Å². The van der Waals surface area contributed by atoms with Gasteiger partial charge in [-0.15, -0.1) is 0 Å². The first-order chi connectivity index (χ1) is 8.51. The number of aliphatic imine (C=N–C) groups is 1. The van der Waals surface area contributed by atoms with Crippen LogP contribution in [0.4, 0.5) is 13.2 Å². The minimum Gasteiger partial charge on any atom is -0.379 e. The second-order valence-corrected chi connectivity index (χ2v) is 4.31. The van der Waals surface area contributed by atoms with Crippen molar-refractivity contribution in [2.24, 2.45) is 10.9 Å². The number of nitrogens with zero attached hydrogens (tertiary/aromatic N) is 1. The van der Waals surface area contributed by atoms with Gasteiger partial charge < -0.3 is 15.4 Å². The van der Waals surface area contributed by atoms with Crippen LogP contribution in [0, 0.1) is 5.92 Å². The van der Waals surface area contributed by atoms with Gasteiger partial charge in [-0.2, -0.15) is 13.2 Å². The molecule has 1 saturated carbocycles. The monoisotopic (exact) mass is 267 g/mol. The highest BCUT2D eigenvalue weighted by atomic mass is 19.4. The van der Waals surface area contributed by atoms with E-state index in [9.17, 15) is 13.2 Å². The summed E-state index contributed by atoms with van der Waals surface area (Å²) >= 11 is 0. The molecule has 0 heterocycles. The van der Waals surface area contributed by atoms with Crippen LogP contribution in [0.1, 0.15) is 19.3 Å². The summed E-state index contributed by atoms with van der Waals surface area (Å²) in [7, 11) is 1.52. The van der Waals surface area contributed by atoms with E-state index in [2.05, 4.69) is 15.6 Å². The first kappa shape index (κ1) is 15.1. The molecule has 4 nitrogen and oxygen atoms in total. The number of hydrogen-bond donors (Lipinski definition) is 2. The van der Waals surface area contributed by atoms with Crippen molar-refractivity contribution in [3.8, 4) is 0 Å². The molecule has 7 heteroatoms. The van der Waals surface area contributed by atoms with Gasteiger partial charge in [-0.05, 0) is 18.8 Å². The molecule has 1 rings (SSSR count). The molecule has 2 N–H and O–H groups in total. The van der Waals surface area contributed by atoms with Gasteiger partial charge in [0.1, 0.15) is 0 Å². The lowest BCUT2D eigenvalue weighted by molar-refractivity contribution is -0.132. The van der Waals surface area contributed by atoms with Crippen LogP contribution in [0.5, 0.6) is 0 Å². The van der Waals surface area contributed by atoms with E-state index in [0.717, 1.165) is 6.61 Å². The zero-order valence-electron chi connectivity index (χ0n) is 10.5. The van der Waals surface area contributed by atoms with Gasteiger partial charge in [0.15, 0.2) is 5.96 Å². The van der Waals surface area contributed by atoms with Gasteiger partial charge in [0.25, 0.3) is 0 Å². The minimum absolute atomic E-state index is 0.174. The summed E-state index contributed by atoms with van der Waals surface area (Å²) in [6.07, 6.45) is -2.52. The molecule has 0 saturated heterocycles.